The summed E-state index contributed by atoms with van der Waals surface area (Å²) in [6, 6.07) is 2.05. The first-order valence-electron chi connectivity index (χ1n) is 9.62. The Bertz CT molecular complexity index is 564. The highest BCUT2D eigenvalue weighted by atomic mass is 16.2. The van der Waals surface area contributed by atoms with Crippen molar-refractivity contribution in [2.24, 2.45) is 28.6 Å². The molecule has 0 aromatic carbocycles. The molecule has 5 rings (SSSR count). The molecule has 1 atom stereocenters. The average molecular weight is 329 g/mol. The lowest BCUT2D eigenvalue weighted by atomic mass is 9.49. The molecule has 4 aliphatic rings. The quantitative estimate of drug-likeness (QED) is 0.917. The molecule has 1 aromatic rings. The van der Waals surface area contributed by atoms with E-state index >= 15 is 0 Å². The fraction of sp³-hybridized carbons (Fsp3) is 0.800. The number of nitrogens with zero attached hydrogens (tertiary/aromatic N) is 2. The van der Waals surface area contributed by atoms with Crippen molar-refractivity contribution in [1.82, 2.24) is 15.1 Å². The first-order chi connectivity index (χ1) is 11.3. The number of carbonyl (C=O) groups excluding carboxylic acids is 1. The molecule has 0 unspecified atom stereocenters. The summed E-state index contributed by atoms with van der Waals surface area (Å²) in [5.41, 5.74) is -0.0493. The van der Waals surface area contributed by atoms with Gasteiger partial charge >= 0.3 is 0 Å². The molecule has 1 amide bonds. The van der Waals surface area contributed by atoms with E-state index in [4.69, 9.17) is 0 Å². The van der Waals surface area contributed by atoms with Crippen LogP contribution in [0.4, 0.5) is 0 Å². The topological polar surface area (TPSA) is 46.9 Å². The Morgan fingerprint density at radius 3 is 2.25 bits per heavy atom. The molecular formula is C20H31N3O. The predicted octanol–water partition coefficient (Wildman–Crippen LogP) is 3.63. The van der Waals surface area contributed by atoms with Crippen LogP contribution in [0.2, 0.25) is 0 Å². The standard InChI is InChI=1S/C20H31N3O/c1-19(2,3)17(13-23-6-4-5-21-23)22-18(24)20-10-14-7-15(11-20)9-16(8-14)12-20/h4-6,14-17H,7-13H2,1-3H3,(H,22,24)/t14?,15?,16?,17-,20?/m0/s1. The van der Waals surface area contributed by atoms with Crippen LogP contribution in [0.3, 0.4) is 0 Å². The third-order valence-electron chi connectivity index (χ3n) is 6.80. The number of rotatable bonds is 4. The lowest BCUT2D eigenvalue weighted by molar-refractivity contribution is -0.148. The van der Waals surface area contributed by atoms with Gasteiger partial charge in [0, 0.05) is 17.8 Å². The van der Waals surface area contributed by atoms with E-state index in [9.17, 15) is 4.79 Å². The van der Waals surface area contributed by atoms with E-state index in [1.165, 1.54) is 19.3 Å². The van der Waals surface area contributed by atoms with Crippen LogP contribution >= 0.6 is 0 Å². The molecule has 4 saturated carbocycles. The smallest absolute Gasteiger partial charge is 0.226 e. The number of aromatic nitrogens is 2. The van der Waals surface area contributed by atoms with Gasteiger partial charge in [0.1, 0.15) is 0 Å². The van der Waals surface area contributed by atoms with E-state index in [1.54, 1.807) is 6.20 Å². The number of amides is 1. The normalized spacial score (nSPS) is 35.9. The summed E-state index contributed by atoms with van der Waals surface area (Å²) in [4.78, 5) is 13.3. The van der Waals surface area contributed by atoms with Crippen molar-refractivity contribution in [3.8, 4) is 0 Å². The first-order valence-corrected chi connectivity index (χ1v) is 9.62. The fourth-order valence-corrected chi connectivity index (χ4v) is 5.83. The van der Waals surface area contributed by atoms with Crippen molar-refractivity contribution in [3.63, 3.8) is 0 Å². The van der Waals surface area contributed by atoms with E-state index in [0.29, 0.717) is 5.91 Å². The minimum atomic E-state index is -0.0671. The molecule has 1 N–H and O–H groups in total. The van der Waals surface area contributed by atoms with Crippen LogP contribution < -0.4 is 5.32 Å². The van der Waals surface area contributed by atoms with Crippen molar-refractivity contribution in [2.75, 3.05) is 0 Å². The molecule has 4 fully saturated rings. The zero-order valence-electron chi connectivity index (χ0n) is 15.3. The lowest BCUT2D eigenvalue weighted by Crippen LogP contribution is -2.57. The summed E-state index contributed by atoms with van der Waals surface area (Å²) in [7, 11) is 0. The van der Waals surface area contributed by atoms with Crippen LogP contribution in [0.1, 0.15) is 59.3 Å². The first kappa shape index (κ1) is 16.2. The maximum atomic E-state index is 13.3. The summed E-state index contributed by atoms with van der Waals surface area (Å²) >= 11 is 0. The Morgan fingerprint density at radius 1 is 1.21 bits per heavy atom. The van der Waals surface area contributed by atoms with Crippen LogP contribution in [0.5, 0.6) is 0 Å². The molecule has 24 heavy (non-hydrogen) atoms. The van der Waals surface area contributed by atoms with Crippen molar-refractivity contribution >= 4 is 5.91 Å². The van der Waals surface area contributed by atoms with Gasteiger partial charge in [-0.15, -0.1) is 0 Å². The summed E-state index contributed by atoms with van der Waals surface area (Å²) < 4.78 is 1.94. The molecule has 0 spiro atoms. The van der Waals surface area contributed by atoms with Gasteiger partial charge in [0.2, 0.25) is 5.91 Å². The van der Waals surface area contributed by atoms with Crippen LogP contribution in [0.15, 0.2) is 18.5 Å². The van der Waals surface area contributed by atoms with Gasteiger partial charge in [-0.05, 0) is 67.8 Å². The third-order valence-corrected chi connectivity index (χ3v) is 6.80. The average Bonchev–Trinajstić information content (AvgIpc) is 2.97. The number of hydrogen-bond acceptors (Lipinski definition) is 2. The summed E-state index contributed by atoms with van der Waals surface area (Å²) in [5.74, 6) is 2.75. The molecule has 0 aliphatic heterocycles. The highest BCUT2D eigenvalue weighted by Crippen LogP contribution is 2.60. The van der Waals surface area contributed by atoms with Gasteiger partial charge in [0.15, 0.2) is 0 Å². The van der Waals surface area contributed by atoms with Crippen LogP contribution in [0.25, 0.3) is 0 Å². The van der Waals surface area contributed by atoms with Crippen LogP contribution in [0, 0.1) is 28.6 Å². The molecule has 1 aromatic heterocycles. The Hall–Kier alpha value is -1.32. The van der Waals surface area contributed by atoms with E-state index in [0.717, 1.165) is 43.6 Å². The minimum Gasteiger partial charge on any atom is -0.350 e. The predicted molar refractivity (Wildman–Crippen MR) is 94.2 cm³/mol. The summed E-state index contributed by atoms with van der Waals surface area (Å²) in [6.45, 7) is 7.37. The van der Waals surface area contributed by atoms with E-state index < -0.39 is 0 Å². The van der Waals surface area contributed by atoms with Crippen molar-refractivity contribution in [3.05, 3.63) is 18.5 Å². The second-order valence-electron chi connectivity index (χ2n) is 9.82. The maximum absolute atomic E-state index is 13.3. The van der Waals surface area contributed by atoms with Gasteiger partial charge in [-0.1, -0.05) is 20.8 Å². The summed E-state index contributed by atoms with van der Waals surface area (Å²) in [6.07, 6.45) is 11.3. The molecule has 4 nitrogen and oxygen atoms in total. The van der Waals surface area contributed by atoms with Gasteiger partial charge in [0.05, 0.1) is 12.6 Å². The number of carbonyl (C=O) groups is 1. The summed E-state index contributed by atoms with van der Waals surface area (Å²) in [5, 5.41) is 7.79. The van der Waals surface area contributed by atoms with E-state index in [2.05, 4.69) is 31.2 Å². The second-order valence-corrected chi connectivity index (χ2v) is 9.82. The molecule has 0 radical (unpaired) electrons. The molecule has 0 saturated heterocycles. The van der Waals surface area contributed by atoms with E-state index in [-0.39, 0.29) is 16.9 Å². The molecule has 1 heterocycles. The van der Waals surface area contributed by atoms with Crippen molar-refractivity contribution in [1.29, 1.82) is 0 Å². The molecule has 4 aliphatic carbocycles. The van der Waals surface area contributed by atoms with Crippen molar-refractivity contribution < 1.29 is 4.79 Å². The van der Waals surface area contributed by atoms with Crippen molar-refractivity contribution in [2.45, 2.75) is 71.9 Å². The highest BCUT2D eigenvalue weighted by Gasteiger charge is 2.55. The van der Waals surface area contributed by atoms with E-state index in [1.807, 2.05) is 16.9 Å². The minimum absolute atomic E-state index is 0.0178. The zero-order valence-corrected chi connectivity index (χ0v) is 15.3. The third kappa shape index (κ3) is 2.89. The highest BCUT2D eigenvalue weighted by molar-refractivity contribution is 5.83. The van der Waals surface area contributed by atoms with Gasteiger partial charge in [0.25, 0.3) is 0 Å². The zero-order chi connectivity index (χ0) is 16.9. The van der Waals surface area contributed by atoms with Gasteiger partial charge in [-0.3, -0.25) is 9.48 Å². The lowest BCUT2D eigenvalue weighted by Gasteiger charge is -2.56. The Balaban J connectivity index is 1.51. The molecule has 4 heteroatoms. The molecule has 132 valence electrons. The van der Waals surface area contributed by atoms with Gasteiger partial charge < -0.3 is 5.32 Å². The fourth-order valence-electron chi connectivity index (χ4n) is 5.83. The Morgan fingerprint density at radius 2 is 1.79 bits per heavy atom. The second kappa shape index (κ2) is 5.60. The Kier molecular flexibility index (Phi) is 3.77. The Labute approximate surface area is 145 Å². The van der Waals surface area contributed by atoms with Crippen LogP contribution in [-0.4, -0.2) is 21.7 Å². The maximum Gasteiger partial charge on any atom is 0.226 e. The monoisotopic (exact) mass is 329 g/mol. The SMILES string of the molecule is CC(C)(C)[C@H](Cn1cccn1)NC(=O)C12CC3CC(CC(C3)C1)C2. The number of hydrogen-bond donors (Lipinski definition) is 1. The number of nitrogens with one attached hydrogen (secondary N) is 1. The molecule has 4 bridgehead atoms. The van der Waals surface area contributed by atoms with Crippen LogP contribution in [-0.2, 0) is 11.3 Å². The molecular weight excluding hydrogens is 298 g/mol. The van der Waals surface area contributed by atoms with Gasteiger partial charge in [-0.25, -0.2) is 0 Å². The van der Waals surface area contributed by atoms with Gasteiger partial charge in [-0.2, -0.15) is 5.10 Å². The largest absolute Gasteiger partial charge is 0.350 e.